The molecule has 0 amide bonds. The predicted molar refractivity (Wildman–Crippen MR) is 61.2 cm³/mol. The molecule has 4 heteroatoms. The number of nitrogens with two attached hydrogens (primary N) is 1. The number of carboxylic acids is 1. The van der Waals surface area contributed by atoms with Gasteiger partial charge in [-0.25, -0.2) is 0 Å². The summed E-state index contributed by atoms with van der Waals surface area (Å²) in [6, 6.07) is 7.22. The van der Waals surface area contributed by atoms with Crippen LogP contribution in [-0.4, -0.2) is 24.8 Å². The molecule has 0 spiro atoms. The van der Waals surface area contributed by atoms with Crippen LogP contribution in [0, 0.1) is 0 Å². The zero-order chi connectivity index (χ0) is 12.0. The molecule has 0 aromatic heterocycles. The Bertz CT molecular complexity index is 352. The minimum absolute atomic E-state index is 0.0479. The maximum atomic E-state index is 10.5. The van der Waals surface area contributed by atoms with Crippen molar-refractivity contribution in [2.24, 2.45) is 5.73 Å². The summed E-state index contributed by atoms with van der Waals surface area (Å²) < 4.78 is 4.99. The Labute approximate surface area is 95.0 Å². The molecule has 1 unspecified atom stereocenters. The average Bonchev–Trinajstić information content (AvgIpc) is 2.26. The molecular formula is C12H17NO3. The van der Waals surface area contributed by atoms with E-state index in [-0.39, 0.29) is 6.42 Å². The van der Waals surface area contributed by atoms with E-state index in [2.05, 4.69) is 0 Å². The SMILES string of the molecule is COCCc1cccc(C(N)CC(=O)O)c1. The van der Waals surface area contributed by atoms with Crippen molar-refractivity contribution in [2.45, 2.75) is 18.9 Å². The first-order chi connectivity index (χ1) is 7.63. The number of ether oxygens (including phenoxy) is 1. The van der Waals surface area contributed by atoms with Crippen LogP contribution in [0.4, 0.5) is 0 Å². The van der Waals surface area contributed by atoms with Gasteiger partial charge in [-0.3, -0.25) is 4.79 Å². The fraction of sp³-hybridized carbons (Fsp3) is 0.417. The molecule has 1 aromatic rings. The highest BCUT2D eigenvalue weighted by atomic mass is 16.5. The van der Waals surface area contributed by atoms with Crippen LogP contribution in [0.1, 0.15) is 23.6 Å². The van der Waals surface area contributed by atoms with Gasteiger partial charge in [-0.2, -0.15) is 0 Å². The van der Waals surface area contributed by atoms with Gasteiger partial charge in [0.15, 0.2) is 0 Å². The fourth-order valence-electron chi connectivity index (χ4n) is 1.51. The van der Waals surface area contributed by atoms with Gasteiger partial charge in [0.05, 0.1) is 13.0 Å². The van der Waals surface area contributed by atoms with E-state index in [0.29, 0.717) is 6.61 Å². The molecule has 88 valence electrons. The van der Waals surface area contributed by atoms with Crippen molar-refractivity contribution in [3.05, 3.63) is 35.4 Å². The van der Waals surface area contributed by atoms with E-state index in [1.54, 1.807) is 7.11 Å². The van der Waals surface area contributed by atoms with Gasteiger partial charge in [-0.15, -0.1) is 0 Å². The molecule has 0 aliphatic carbocycles. The number of hydrogen-bond donors (Lipinski definition) is 2. The molecule has 0 aliphatic rings. The normalized spacial score (nSPS) is 12.4. The molecule has 0 aliphatic heterocycles. The van der Waals surface area contributed by atoms with Gasteiger partial charge in [0, 0.05) is 13.2 Å². The van der Waals surface area contributed by atoms with Gasteiger partial charge in [0.2, 0.25) is 0 Å². The number of rotatable bonds is 6. The lowest BCUT2D eigenvalue weighted by Gasteiger charge is -2.10. The second kappa shape index (κ2) is 6.25. The number of aliphatic carboxylic acids is 1. The summed E-state index contributed by atoms with van der Waals surface area (Å²) in [5, 5.41) is 8.66. The van der Waals surface area contributed by atoms with Crippen LogP contribution in [0.2, 0.25) is 0 Å². The highest BCUT2D eigenvalue weighted by Gasteiger charge is 2.10. The van der Waals surface area contributed by atoms with E-state index in [4.69, 9.17) is 15.6 Å². The summed E-state index contributed by atoms with van der Waals surface area (Å²) in [7, 11) is 1.65. The molecule has 16 heavy (non-hydrogen) atoms. The van der Waals surface area contributed by atoms with E-state index < -0.39 is 12.0 Å². The molecule has 0 saturated heterocycles. The van der Waals surface area contributed by atoms with Crippen LogP contribution >= 0.6 is 0 Å². The van der Waals surface area contributed by atoms with E-state index in [1.807, 2.05) is 24.3 Å². The third kappa shape index (κ3) is 4.00. The van der Waals surface area contributed by atoms with Gasteiger partial charge in [0.25, 0.3) is 0 Å². The molecule has 0 bridgehead atoms. The smallest absolute Gasteiger partial charge is 0.305 e. The lowest BCUT2D eigenvalue weighted by atomic mass is 10.0. The summed E-state index contributed by atoms with van der Waals surface area (Å²) in [6.07, 6.45) is 0.762. The molecule has 0 heterocycles. The molecule has 1 rings (SSSR count). The maximum Gasteiger partial charge on any atom is 0.305 e. The molecule has 3 N–H and O–H groups in total. The van der Waals surface area contributed by atoms with Crippen molar-refractivity contribution in [3.8, 4) is 0 Å². The fourth-order valence-corrected chi connectivity index (χ4v) is 1.51. The van der Waals surface area contributed by atoms with Crippen LogP contribution in [0.15, 0.2) is 24.3 Å². The minimum Gasteiger partial charge on any atom is -0.481 e. The van der Waals surface area contributed by atoms with E-state index in [1.165, 1.54) is 0 Å². The first-order valence-corrected chi connectivity index (χ1v) is 5.18. The summed E-state index contributed by atoms with van der Waals surface area (Å²) in [5.41, 5.74) is 7.75. The Morgan fingerprint density at radius 2 is 2.31 bits per heavy atom. The van der Waals surface area contributed by atoms with Gasteiger partial charge in [-0.1, -0.05) is 24.3 Å². The van der Waals surface area contributed by atoms with Crippen molar-refractivity contribution in [1.29, 1.82) is 0 Å². The highest BCUT2D eigenvalue weighted by Crippen LogP contribution is 2.15. The zero-order valence-electron chi connectivity index (χ0n) is 9.35. The zero-order valence-corrected chi connectivity index (χ0v) is 9.35. The minimum atomic E-state index is -0.880. The Morgan fingerprint density at radius 1 is 1.56 bits per heavy atom. The lowest BCUT2D eigenvalue weighted by Crippen LogP contribution is -2.15. The number of carboxylic acid groups (broad SMARTS) is 1. The third-order valence-corrected chi connectivity index (χ3v) is 2.37. The van der Waals surface area contributed by atoms with Crippen molar-refractivity contribution in [3.63, 3.8) is 0 Å². The Hall–Kier alpha value is -1.39. The lowest BCUT2D eigenvalue weighted by molar-refractivity contribution is -0.137. The average molecular weight is 223 g/mol. The van der Waals surface area contributed by atoms with Crippen LogP contribution in [-0.2, 0) is 16.0 Å². The van der Waals surface area contributed by atoms with Crippen LogP contribution < -0.4 is 5.73 Å². The van der Waals surface area contributed by atoms with Gasteiger partial charge < -0.3 is 15.6 Å². The third-order valence-electron chi connectivity index (χ3n) is 2.37. The second-order valence-electron chi connectivity index (χ2n) is 3.69. The van der Waals surface area contributed by atoms with Gasteiger partial charge in [0.1, 0.15) is 0 Å². The van der Waals surface area contributed by atoms with Crippen LogP contribution in [0.3, 0.4) is 0 Å². The molecule has 0 saturated carbocycles. The number of hydrogen-bond acceptors (Lipinski definition) is 3. The van der Waals surface area contributed by atoms with Crippen LogP contribution in [0.5, 0.6) is 0 Å². The predicted octanol–water partition coefficient (Wildman–Crippen LogP) is 1.35. The second-order valence-corrected chi connectivity index (χ2v) is 3.69. The molecule has 1 atom stereocenters. The highest BCUT2D eigenvalue weighted by molar-refractivity contribution is 5.67. The van der Waals surface area contributed by atoms with E-state index in [9.17, 15) is 4.79 Å². The van der Waals surface area contributed by atoms with E-state index >= 15 is 0 Å². The van der Waals surface area contributed by atoms with Crippen molar-refractivity contribution >= 4 is 5.97 Å². The number of carbonyl (C=O) groups is 1. The Morgan fingerprint density at radius 3 is 2.94 bits per heavy atom. The van der Waals surface area contributed by atoms with Crippen LogP contribution in [0.25, 0.3) is 0 Å². The molecular weight excluding hydrogens is 206 g/mol. The quantitative estimate of drug-likeness (QED) is 0.763. The number of methoxy groups -OCH3 is 1. The summed E-state index contributed by atoms with van der Waals surface area (Å²) in [6.45, 7) is 0.650. The summed E-state index contributed by atoms with van der Waals surface area (Å²) >= 11 is 0. The van der Waals surface area contributed by atoms with Crippen molar-refractivity contribution in [1.82, 2.24) is 0 Å². The summed E-state index contributed by atoms with van der Waals surface area (Å²) in [5.74, 6) is -0.880. The largest absolute Gasteiger partial charge is 0.481 e. The standard InChI is InChI=1S/C12H17NO3/c1-16-6-5-9-3-2-4-10(7-9)11(13)8-12(14)15/h2-4,7,11H,5-6,8,13H2,1H3,(H,14,15). The molecule has 1 aromatic carbocycles. The first-order valence-electron chi connectivity index (χ1n) is 5.18. The molecule has 4 nitrogen and oxygen atoms in total. The monoisotopic (exact) mass is 223 g/mol. The maximum absolute atomic E-state index is 10.5. The Balaban J connectivity index is 2.69. The van der Waals surface area contributed by atoms with E-state index in [0.717, 1.165) is 17.5 Å². The topological polar surface area (TPSA) is 72.5 Å². The summed E-state index contributed by atoms with van der Waals surface area (Å²) in [4.78, 5) is 10.5. The number of benzene rings is 1. The van der Waals surface area contributed by atoms with Crippen molar-refractivity contribution in [2.75, 3.05) is 13.7 Å². The molecule has 0 fully saturated rings. The van der Waals surface area contributed by atoms with Gasteiger partial charge >= 0.3 is 5.97 Å². The first kappa shape index (κ1) is 12.7. The Kier molecular flexibility index (Phi) is 4.95. The van der Waals surface area contributed by atoms with Gasteiger partial charge in [-0.05, 0) is 17.5 Å². The molecule has 0 radical (unpaired) electrons. The van der Waals surface area contributed by atoms with Crippen molar-refractivity contribution < 1.29 is 14.6 Å².